The van der Waals surface area contributed by atoms with E-state index >= 15 is 0 Å². The molecule has 0 aliphatic carbocycles. The highest BCUT2D eigenvalue weighted by Gasteiger charge is 2.15. The molecule has 7 nitrogen and oxygen atoms in total. The molecule has 0 aliphatic rings. The molecule has 0 radical (unpaired) electrons. The molecule has 1 amide bonds. The summed E-state index contributed by atoms with van der Waals surface area (Å²) in [6.45, 7) is 4.29. The highest BCUT2D eigenvalue weighted by molar-refractivity contribution is 6.03. The van der Waals surface area contributed by atoms with Crippen LogP contribution in [0.3, 0.4) is 0 Å². The minimum atomic E-state index is -0.606. The number of oxazole rings is 1. The Morgan fingerprint density at radius 1 is 1.27 bits per heavy atom. The van der Waals surface area contributed by atoms with Gasteiger partial charge in [-0.3, -0.25) is 10.1 Å². The summed E-state index contributed by atoms with van der Waals surface area (Å²) in [5, 5.41) is 2.46. The van der Waals surface area contributed by atoms with E-state index in [9.17, 15) is 9.59 Å². The molecule has 0 spiro atoms. The number of ether oxygens (including phenoxy) is 2. The van der Waals surface area contributed by atoms with Crippen LogP contribution in [0.4, 0.5) is 6.01 Å². The predicted molar refractivity (Wildman–Crippen MR) is 78.0 cm³/mol. The Morgan fingerprint density at radius 2 is 2.09 bits per heavy atom. The third-order valence-corrected chi connectivity index (χ3v) is 2.62. The Bertz CT molecular complexity index is 665. The number of aromatic nitrogens is 1. The van der Waals surface area contributed by atoms with E-state index in [1.807, 2.05) is 6.92 Å². The van der Waals surface area contributed by atoms with Crippen molar-refractivity contribution in [1.82, 2.24) is 4.98 Å². The van der Waals surface area contributed by atoms with Crippen molar-refractivity contribution in [2.75, 3.05) is 18.5 Å². The number of benzene rings is 1. The molecular formula is C15H16N2O5. The maximum absolute atomic E-state index is 12.1. The lowest BCUT2D eigenvalue weighted by Crippen LogP contribution is -2.13. The average molecular weight is 304 g/mol. The molecule has 0 fully saturated rings. The second-order valence-corrected chi connectivity index (χ2v) is 4.17. The lowest BCUT2D eigenvalue weighted by Gasteiger charge is -2.05. The molecule has 116 valence electrons. The molecule has 2 aromatic rings. The number of amides is 1. The Labute approximate surface area is 127 Å². The van der Waals surface area contributed by atoms with Gasteiger partial charge in [-0.1, -0.05) is 6.07 Å². The first-order valence-electron chi connectivity index (χ1n) is 6.81. The fourth-order valence-corrected chi connectivity index (χ4v) is 1.69. The Hall–Kier alpha value is -2.83. The van der Waals surface area contributed by atoms with E-state index in [1.54, 1.807) is 31.2 Å². The number of rotatable bonds is 6. The quantitative estimate of drug-likeness (QED) is 0.825. The largest absolute Gasteiger partial charge is 0.494 e. The topological polar surface area (TPSA) is 90.7 Å². The molecule has 1 heterocycles. The summed E-state index contributed by atoms with van der Waals surface area (Å²) in [5.41, 5.74) is 0.391. The summed E-state index contributed by atoms with van der Waals surface area (Å²) in [7, 11) is 0. The molecular weight excluding hydrogens is 288 g/mol. The first kappa shape index (κ1) is 15.6. The van der Waals surface area contributed by atoms with Gasteiger partial charge in [0.15, 0.2) is 5.69 Å². The van der Waals surface area contributed by atoms with Gasteiger partial charge in [-0.2, -0.15) is 4.98 Å². The summed E-state index contributed by atoms with van der Waals surface area (Å²) in [4.78, 5) is 27.4. The van der Waals surface area contributed by atoms with Gasteiger partial charge < -0.3 is 13.9 Å². The first-order valence-corrected chi connectivity index (χ1v) is 6.81. The van der Waals surface area contributed by atoms with Crippen LogP contribution >= 0.6 is 0 Å². The van der Waals surface area contributed by atoms with Crippen molar-refractivity contribution >= 4 is 17.9 Å². The van der Waals surface area contributed by atoms with Gasteiger partial charge >= 0.3 is 12.0 Å². The smallest absolute Gasteiger partial charge is 0.360 e. The molecule has 1 aromatic heterocycles. The van der Waals surface area contributed by atoms with E-state index < -0.39 is 11.9 Å². The van der Waals surface area contributed by atoms with Crippen LogP contribution in [0.1, 0.15) is 34.7 Å². The van der Waals surface area contributed by atoms with Gasteiger partial charge in [-0.15, -0.1) is 0 Å². The molecule has 1 aromatic carbocycles. The number of esters is 1. The van der Waals surface area contributed by atoms with E-state index in [4.69, 9.17) is 13.9 Å². The molecule has 0 aliphatic heterocycles. The van der Waals surface area contributed by atoms with Gasteiger partial charge in [0.2, 0.25) is 0 Å². The van der Waals surface area contributed by atoms with Crippen molar-refractivity contribution < 1.29 is 23.5 Å². The molecule has 22 heavy (non-hydrogen) atoms. The maximum atomic E-state index is 12.1. The number of anilines is 1. The summed E-state index contributed by atoms with van der Waals surface area (Å²) in [5.74, 6) is -0.432. The van der Waals surface area contributed by atoms with Crippen molar-refractivity contribution in [1.29, 1.82) is 0 Å². The molecule has 0 saturated heterocycles. The summed E-state index contributed by atoms with van der Waals surface area (Å²) in [6, 6.07) is 6.63. The number of nitrogens with zero attached hydrogens (tertiary/aromatic N) is 1. The van der Waals surface area contributed by atoms with Crippen LogP contribution in [0, 0.1) is 0 Å². The summed E-state index contributed by atoms with van der Waals surface area (Å²) >= 11 is 0. The standard InChI is InChI=1S/C15H16N2O5/c1-3-20-11-7-5-6-10(8-11)13(18)17-15-16-12(9-22-15)14(19)21-4-2/h5-9H,3-4H2,1-2H3,(H,16,17,18). The fraction of sp³-hybridized carbons (Fsp3) is 0.267. The van der Waals surface area contributed by atoms with Crippen molar-refractivity contribution in [3.8, 4) is 5.75 Å². The van der Waals surface area contributed by atoms with Gasteiger partial charge in [0.25, 0.3) is 5.91 Å². The number of carbonyl (C=O) groups is 2. The second kappa shape index (κ2) is 7.26. The summed E-state index contributed by atoms with van der Waals surface area (Å²) < 4.78 is 15.1. The third-order valence-electron chi connectivity index (χ3n) is 2.62. The van der Waals surface area contributed by atoms with E-state index in [2.05, 4.69) is 10.3 Å². The van der Waals surface area contributed by atoms with E-state index in [1.165, 1.54) is 0 Å². The first-order chi connectivity index (χ1) is 10.6. The fourth-order valence-electron chi connectivity index (χ4n) is 1.69. The molecule has 2 rings (SSSR count). The average Bonchev–Trinajstić information content (AvgIpc) is 2.97. The van der Waals surface area contributed by atoms with Gasteiger partial charge in [0.05, 0.1) is 13.2 Å². The molecule has 7 heteroatoms. The van der Waals surface area contributed by atoms with E-state index in [-0.39, 0.29) is 18.3 Å². The monoisotopic (exact) mass is 304 g/mol. The van der Waals surface area contributed by atoms with Crippen LogP contribution in [0.15, 0.2) is 34.9 Å². The van der Waals surface area contributed by atoms with Crippen LogP contribution in [0.5, 0.6) is 5.75 Å². The Balaban J connectivity index is 2.05. The Morgan fingerprint density at radius 3 is 2.82 bits per heavy atom. The van der Waals surface area contributed by atoms with Crippen molar-refractivity contribution in [2.45, 2.75) is 13.8 Å². The van der Waals surface area contributed by atoms with Crippen LogP contribution in [0.2, 0.25) is 0 Å². The van der Waals surface area contributed by atoms with Crippen LogP contribution in [-0.4, -0.2) is 30.1 Å². The van der Waals surface area contributed by atoms with Crippen molar-refractivity contribution in [3.05, 3.63) is 41.8 Å². The number of hydrogen-bond acceptors (Lipinski definition) is 6. The zero-order valence-electron chi connectivity index (χ0n) is 12.3. The predicted octanol–water partition coefficient (Wildman–Crippen LogP) is 2.50. The van der Waals surface area contributed by atoms with Gasteiger partial charge in [0.1, 0.15) is 12.0 Å². The highest BCUT2D eigenvalue weighted by atomic mass is 16.5. The Kier molecular flexibility index (Phi) is 5.13. The number of carbonyl (C=O) groups excluding carboxylic acids is 2. The minimum absolute atomic E-state index is 0.000201. The van der Waals surface area contributed by atoms with E-state index in [0.717, 1.165) is 6.26 Å². The molecule has 0 saturated carbocycles. The van der Waals surface area contributed by atoms with Gasteiger partial charge in [-0.25, -0.2) is 4.79 Å². The SMILES string of the molecule is CCOC(=O)c1coc(NC(=O)c2cccc(OCC)c2)n1. The molecule has 0 atom stereocenters. The second-order valence-electron chi connectivity index (χ2n) is 4.17. The number of nitrogens with one attached hydrogen (secondary N) is 1. The third kappa shape index (κ3) is 3.85. The maximum Gasteiger partial charge on any atom is 0.360 e. The zero-order valence-corrected chi connectivity index (χ0v) is 12.3. The van der Waals surface area contributed by atoms with Crippen molar-refractivity contribution in [3.63, 3.8) is 0 Å². The summed E-state index contributed by atoms with van der Waals surface area (Å²) in [6.07, 6.45) is 1.13. The highest BCUT2D eigenvalue weighted by Crippen LogP contribution is 2.15. The minimum Gasteiger partial charge on any atom is -0.494 e. The van der Waals surface area contributed by atoms with E-state index in [0.29, 0.717) is 17.9 Å². The molecule has 0 unspecified atom stereocenters. The normalized spacial score (nSPS) is 10.1. The van der Waals surface area contributed by atoms with Crippen LogP contribution in [-0.2, 0) is 4.74 Å². The number of hydrogen-bond donors (Lipinski definition) is 1. The lowest BCUT2D eigenvalue weighted by molar-refractivity contribution is 0.0519. The van der Waals surface area contributed by atoms with Crippen molar-refractivity contribution in [2.24, 2.45) is 0 Å². The lowest BCUT2D eigenvalue weighted by atomic mass is 10.2. The molecule has 0 bridgehead atoms. The van der Waals surface area contributed by atoms with Crippen LogP contribution in [0.25, 0.3) is 0 Å². The zero-order chi connectivity index (χ0) is 15.9. The molecule has 1 N–H and O–H groups in total. The van der Waals surface area contributed by atoms with Gasteiger partial charge in [-0.05, 0) is 32.0 Å². The van der Waals surface area contributed by atoms with Crippen LogP contribution < -0.4 is 10.1 Å². The van der Waals surface area contributed by atoms with Gasteiger partial charge in [0, 0.05) is 5.56 Å².